The van der Waals surface area contributed by atoms with Crippen LogP contribution < -0.4 is 0 Å². The van der Waals surface area contributed by atoms with Gasteiger partial charge in [0.1, 0.15) is 5.75 Å². The molecule has 0 aromatic heterocycles. The van der Waals surface area contributed by atoms with Crippen LogP contribution in [0.15, 0.2) is 18.2 Å². The largest absolute Gasteiger partial charge is 0.508 e. The van der Waals surface area contributed by atoms with Crippen LogP contribution in [0, 0.1) is 5.41 Å². The number of carbonyl (C=O) groups excluding carboxylic acids is 1. The molecule has 1 aliphatic rings. The van der Waals surface area contributed by atoms with E-state index in [-0.39, 0.29) is 23.1 Å². The maximum Gasteiger partial charge on any atom is 0.254 e. The lowest BCUT2D eigenvalue weighted by molar-refractivity contribution is 0.0605. The van der Waals surface area contributed by atoms with Crippen molar-refractivity contribution in [2.75, 3.05) is 6.54 Å². The predicted molar refractivity (Wildman–Crippen MR) is 67.0 cm³/mol. The Morgan fingerprint density at radius 2 is 2.00 bits per heavy atom. The number of aromatic hydroxyl groups is 1. The van der Waals surface area contributed by atoms with E-state index in [0.29, 0.717) is 12.1 Å². The number of carbonyl (C=O) groups is 1. The van der Waals surface area contributed by atoms with Crippen molar-refractivity contribution in [2.45, 2.75) is 33.7 Å². The van der Waals surface area contributed by atoms with Crippen LogP contribution in [0.1, 0.15) is 49.7 Å². The number of nitrogens with zero attached hydrogens (tertiary/aromatic N) is 1. The molecule has 0 fully saturated rings. The lowest BCUT2D eigenvalue weighted by Crippen LogP contribution is -2.35. The van der Waals surface area contributed by atoms with E-state index in [1.54, 1.807) is 18.2 Å². The average molecular weight is 233 g/mol. The number of rotatable bonds is 1. The van der Waals surface area contributed by atoms with Gasteiger partial charge in [0.15, 0.2) is 0 Å². The van der Waals surface area contributed by atoms with E-state index in [4.69, 9.17) is 0 Å². The van der Waals surface area contributed by atoms with Gasteiger partial charge in [0, 0.05) is 17.7 Å². The second kappa shape index (κ2) is 3.76. The highest BCUT2D eigenvalue weighted by atomic mass is 16.3. The molecule has 1 aliphatic heterocycles. The zero-order valence-corrected chi connectivity index (χ0v) is 10.8. The molecule has 1 atom stereocenters. The van der Waals surface area contributed by atoms with Crippen molar-refractivity contribution >= 4 is 5.91 Å². The van der Waals surface area contributed by atoms with Gasteiger partial charge in [-0.25, -0.2) is 0 Å². The van der Waals surface area contributed by atoms with E-state index in [2.05, 4.69) is 20.8 Å². The summed E-state index contributed by atoms with van der Waals surface area (Å²) in [7, 11) is 0. The fraction of sp³-hybridized carbons (Fsp3) is 0.500. The summed E-state index contributed by atoms with van der Waals surface area (Å²) in [4.78, 5) is 14.1. The molecule has 1 aromatic rings. The third kappa shape index (κ3) is 1.70. The standard InChI is InChI=1S/C14H19NO2/c1-5-15-12(14(2,3)4)11-9(13(15)17)7-6-8-10(11)16/h6-8,12,16H,5H2,1-4H3. The third-order valence-electron chi connectivity index (χ3n) is 3.32. The summed E-state index contributed by atoms with van der Waals surface area (Å²) < 4.78 is 0. The molecule has 0 radical (unpaired) electrons. The van der Waals surface area contributed by atoms with E-state index in [1.165, 1.54) is 0 Å². The summed E-state index contributed by atoms with van der Waals surface area (Å²) in [5.74, 6) is 0.255. The summed E-state index contributed by atoms with van der Waals surface area (Å²) in [6.45, 7) is 8.91. The fourth-order valence-electron chi connectivity index (χ4n) is 2.68. The van der Waals surface area contributed by atoms with Gasteiger partial charge >= 0.3 is 0 Å². The van der Waals surface area contributed by atoms with Crippen molar-refractivity contribution in [3.63, 3.8) is 0 Å². The molecular weight excluding hydrogens is 214 g/mol. The molecule has 0 saturated heterocycles. The number of hydrogen-bond donors (Lipinski definition) is 1. The molecule has 3 nitrogen and oxygen atoms in total. The van der Waals surface area contributed by atoms with Crippen molar-refractivity contribution in [2.24, 2.45) is 5.41 Å². The smallest absolute Gasteiger partial charge is 0.254 e. The minimum atomic E-state index is -0.0875. The summed E-state index contributed by atoms with van der Waals surface area (Å²) in [6, 6.07) is 5.14. The van der Waals surface area contributed by atoms with Crippen LogP contribution in [-0.4, -0.2) is 22.5 Å². The number of amides is 1. The lowest BCUT2D eigenvalue weighted by atomic mass is 9.82. The molecule has 1 aromatic carbocycles. The molecule has 3 heteroatoms. The predicted octanol–water partition coefficient (Wildman–Crippen LogP) is 2.96. The Labute approximate surface area is 102 Å². The maximum atomic E-state index is 12.3. The second-order valence-corrected chi connectivity index (χ2v) is 5.60. The third-order valence-corrected chi connectivity index (χ3v) is 3.32. The van der Waals surface area contributed by atoms with Gasteiger partial charge in [0.25, 0.3) is 5.91 Å². The quantitative estimate of drug-likeness (QED) is 0.810. The summed E-state index contributed by atoms with van der Waals surface area (Å²) in [5, 5.41) is 10.0. The normalized spacial score (nSPS) is 19.6. The Hall–Kier alpha value is -1.51. The first kappa shape index (κ1) is 12.0. The molecule has 0 aliphatic carbocycles. The molecule has 0 saturated carbocycles. The average Bonchev–Trinajstić information content (AvgIpc) is 2.53. The van der Waals surface area contributed by atoms with Crippen molar-refractivity contribution in [3.05, 3.63) is 29.3 Å². The minimum Gasteiger partial charge on any atom is -0.508 e. The van der Waals surface area contributed by atoms with Crippen molar-refractivity contribution in [3.8, 4) is 5.75 Å². The second-order valence-electron chi connectivity index (χ2n) is 5.60. The van der Waals surface area contributed by atoms with Crippen LogP contribution in [0.2, 0.25) is 0 Å². The van der Waals surface area contributed by atoms with E-state index in [0.717, 1.165) is 5.56 Å². The van der Waals surface area contributed by atoms with Crippen LogP contribution in [0.5, 0.6) is 5.75 Å². The zero-order valence-electron chi connectivity index (χ0n) is 10.8. The Bertz CT molecular complexity index is 460. The van der Waals surface area contributed by atoms with E-state index in [1.807, 2.05) is 11.8 Å². The van der Waals surface area contributed by atoms with Crippen molar-refractivity contribution < 1.29 is 9.90 Å². The van der Waals surface area contributed by atoms with Gasteiger partial charge in [-0.1, -0.05) is 26.8 Å². The van der Waals surface area contributed by atoms with Gasteiger partial charge in [0.05, 0.1) is 6.04 Å². The van der Waals surface area contributed by atoms with Gasteiger partial charge < -0.3 is 10.0 Å². The molecule has 92 valence electrons. The van der Waals surface area contributed by atoms with Gasteiger partial charge in [-0.2, -0.15) is 0 Å². The topological polar surface area (TPSA) is 40.5 Å². The monoisotopic (exact) mass is 233 g/mol. The fourth-order valence-corrected chi connectivity index (χ4v) is 2.68. The molecule has 1 N–H and O–H groups in total. The summed E-state index contributed by atoms with van der Waals surface area (Å²) in [5.41, 5.74) is 1.34. The first-order valence-corrected chi connectivity index (χ1v) is 6.00. The van der Waals surface area contributed by atoms with Gasteiger partial charge in [-0.15, -0.1) is 0 Å². The first-order chi connectivity index (χ1) is 7.88. The molecular formula is C14H19NO2. The zero-order chi connectivity index (χ0) is 12.8. The van der Waals surface area contributed by atoms with E-state index < -0.39 is 0 Å². The van der Waals surface area contributed by atoms with Crippen molar-refractivity contribution in [1.82, 2.24) is 4.90 Å². The first-order valence-electron chi connectivity index (χ1n) is 6.00. The van der Waals surface area contributed by atoms with Crippen LogP contribution in [0.25, 0.3) is 0 Å². The molecule has 2 rings (SSSR count). The van der Waals surface area contributed by atoms with Gasteiger partial charge in [-0.3, -0.25) is 4.79 Å². The van der Waals surface area contributed by atoms with Gasteiger partial charge in [0.2, 0.25) is 0 Å². The number of benzene rings is 1. The number of phenols is 1. The maximum absolute atomic E-state index is 12.3. The van der Waals surface area contributed by atoms with Crippen molar-refractivity contribution in [1.29, 1.82) is 0 Å². The molecule has 1 unspecified atom stereocenters. The van der Waals surface area contributed by atoms with E-state index in [9.17, 15) is 9.90 Å². The summed E-state index contributed by atoms with van der Waals surface area (Å²) >= 11 is 0. The Kier molecular flexibility index (Phi) is 2.64. The van der Waals surface area contributed by atoms with Crippen LogP contribution >= 0.6 is 0 Å². The molecule has 0 spiro atoms. The Balaban J connectivity index is 2.64. The number of hydrogen-bond acceptors (Lipinski definition) is 2. The number of phenolic OH excluding ortho intramolecular Hbond substituents is 1. The lowest BCUT2D eigenvalue weighted by Gasteiger charge is -2.35. The van der Waals surface area contributed by atoms with Gasteiger partial charge in [-0.05, 0) is 24.5 Å². The summed E-state index contributed by atoms with van der Waals surface area (Å²) in [6.07, 6.45) is 0. The Morgan fingerprint density at radius 3 is 2.53 bits per heavy atom. The highest BCUT2D eigenvalue weighted by Gasteiger charge is 2.43. The van der Waals surface area contributed by atoms with E-state index >= 15 is 0 Å². The molecule has 17 heavy (non-hydrogen) atoms. The minimum absolute atomic E-state index is 0.0262. The van der Waals surface area contributed by atoms with Crippen LogP contribution in [-0.2, 0) is 0 Å². The van der Waals surface area contributed by atoms with Crippen LogP contribution in [0.4, 0.5) is 0 Å². The Morgan fingerprint density at radius 1 is 1.35 bits per heavy atom. The van der Waals surface area contributed by atoms with Crippen LogP contribution in [0.3, 0.4) is 0 Å². The molecule has 0 bridgehead atoms. The highest BCUT2D eigenvalue weighted by Crippen LogP contribution is 2.47. The SMILES string of the molecule is CCN1C(=O)c2cccc(O)c2C1C(C)(C)C. The molecule has 1 heterocycles. The molecule has 1 amide bonds. The highest BCUT2D eigenvalue weighted by molar-refractivity contribution is 6.00. The number of fused-ring (bicyclic) bond motifs is 1.